The minimum atomic E-state index is 0.419. The Balaban J connectivity index is 1.53. The SMILES string of the molecule is NCc1cc(CN2CCN(c3ncccn3)CC2)on1. The highest BCUT2D eigenvalue weighted by Gasteiger charge is 2.19. The number of aromatic nitrogens is 3. The molecule has 0 saturated carbocycles. The summed E-state index contributed by atoms with van der Waals surface area (Å²) in [5.74, 6) is 1.67. The summed E-state index contributed by atoms with van der Waals surface area (Å²) in [5.41, 5.74) is 6.32. The van der Waals surface area contributed by atoms with Gasteiger partial charge in [0.15, 0.2) is 5.76 Å². The Kier molecular flexibility index (Phi) is 3.89. The summed E-state index contributed by atoms with van der Waals surface area (Å²) in [6.07, 6.45) is 3.55. The minimum Gasteiger partial charge on any atom is -0.360 e. The van der Waals surface area contributed by atoms with Gasteiger partial charge in [-0.3, -0.25) is 4.90 Å². The number of hydrogen-bond donors (Lipinski definition) is 1. The van der Waals surface area contributed by atoms with Crippen LogP contribution in [-0.4, -0.2) is 46.2 Å². The van der Waals surface area contributed by atoms with Crippen LogP contribution in [0.25, 0.3) is 0 Å². The second-order valence-electron chi connectivity index (χ2n) is 4.80. The van der Waals surface area contributed by atoms with Crippen molar-refractivity contribution in [2.24, 2.45) is 5.73 Å². The summed E-state index contributed by atoms with van der Waals surface area (Å²) >= 11 is 0. The van der Waals surface area contributed by atoms with E-state index in [1.165, 1.54) is 0 Å². The maximum absolute atomic E-state index is 5.52. The quantitative estimate of drug-likeness (QED) is 0.855. The molecule has 2 aromatic rings. The van der Waals surface area contributed by atoms with Crippen LogP contribution >= 0.6 is 0 Å². The molecule has 2 aromatic heterocycles. The predicted octanol–water partition coefficient (Wildman–Crippen LogP) is 0.245. The summed E-state index contributed by atoms with van der Waals surface area (Å²) in [6, 6.07) is 3.76. The van der Waals surface area contributed by atoms with Gasteiger partial charge in [0, 0.05) is 51.2 Å². The van der Waals surface area contributed by atoms with Gasteiger partial charge in [0.05, 0.1) is 12.2 Å². The minimum absolute atomic E-state index is 0.419. The summed E-state index contributed by atoms with van der Waals surface area (Å²) in [5, 5.41) is 3.91. The molecule has 7 heteroatoms. The molecule has 0 aromatic carbocycles. The van der Waals surface area contributed by atoms with Gasteiger partial charge in [-0.05, 0) is 6.07 Å². The van der Waals surface area contributed by atoms with E-state index in [2.05, 4.69) is 24.9 Å². The lowest BCUT2D eigenvalue weighted by Gasteiger charge is -2.33. The number of piperazine rings is 1. The summed E-state index contributed by atoms with van der Waals surface area (Å²) in [4.78, 5) is 13.1. The van der Waals surface area contributed by atoms with Crippen molar-refractivity contribution in [3.63, 3.8) is 0 Å². The van der Waals surface area contributed by atoms with Gasteiger partial charge >= 0.3 is 0 Å². The highest BCUT2D eigenvalue weighted by molar-refractivity contribution is 5.29. The zero-order valence-electron chi connectivity index (χ0n) is 11.3. The molecule has 1 aliphatic heterocycles. The Morgan fingerprint density at radius 3 is 2.55 bits per heavy atom. The summed E-state index contributed by atoms with van der Waals surface area (Å²) in [7, 11) is 0. The van der Waals surface area contributed by atoms with Crippen LogP contribution in [0.4, 0.5) is 5.95 Å². The van der Waals surface area contributed by atoms with E-state index in [1.807, 2.05) is 12.1 Å². The fourth-order valence-corrected chi connectivity index (χ4v) is 2.31. The van der Waals surface area contributed by atoms with Crippen LogP contribution in [0.15, 0.2) is 29.0 Å². The van der Waals surface area contributed by atoms with E-state index in [-0.39, 0.29) is 0 Å². The highest BCUT2D eigenvalue weighted by atomic mass is 16.5. The highest BCUT2D eigenvalue weighted by Crippen LogP contribution is 2.13. The second kappa shape index (κ2) is 5.98. The van der Waals surface area contributed by atoms with Crippen LogP contribution in [0.3, 0.4) is 0 Å². The van der Waals surface area contributed by atoms with Crippen LogP contribution < -0.4 is 10.6 Å². The van der Waals surface area contributed by atoms with Gasteiger partial charge in [-0.1, -0.05) is 5.16 Å². The van der Waals surface area contributed by atoms with Crippen molar-refractivity contribution >= 4 is 5.95 Å². The molecule has 0 unspecified atom stereocenters. The van der Waals surface area contributed by atoms with Crippen molar-refractivity contribution in [3.8, 4) is 0 Å². The molecule has 0 bridgehead atoms. The van der Waals surface area contributed by atoms with E-state index in [0.717, 1.165) is 50.1 Å². The molecule has 20 heavy (non-hydrogen) atoms. The zero-order valence-corrected chi connectivity index (χ0v) is 11.3. The second-order valence-corrected chi connectivity index (χ2v) is 4.80. The molecule has 3 heterocycles. The van der Waals surface area contributed by atoms with Crippen molar-refractivity contribution in [3.05, 3.63) is 36.0 Å². The van der Waals surface area contributed by atoms with E-state index in [9.17, 15) is 0 Å². The molecule has 0 amide bonds. The average Bonchev–Trinajstić information content (AvgIpc) is 2.97. The molecule has 0 radical (unpaired) electrons. The molecular weight excluding hydrogens is 256 g/mol. The van der Waals surface area contributed by atoms with Gasteiger partial charge in [0.1, 0.15) is 0 Å². The maximum Gasteiger partial charge on any atom is 0.225 e. The van der Waals surface area contributed by atoms with Crippen LogP contribution in [0, 0.1) is 0 Å². The number of nitrogens with zero attached hydrogens (tertiary/aromatic N) is 5. The first kappa shape index (κ1) is 13.0. The van der Waals surface area contributed by atoms with Crippen LogP contribution in [0.2, 0.25) is 0 Å². The van der Waals surface area contributed by atoms with Crippen molar-refractivity contribution < 1.29 is 4.52 Å². The lowest BCUT2D eigenvalue weighted by atomic mass is 10.3. The third-order valence-electron chi connectivity index (χ3n) is 3.40. The molecule has 3 rings (SSSR count). The van der Waals surface area contributed by atoms with Gasteiger partial charge in [-0.15, -0.1) is 0 Å². The number of anilines is 1. The number of hydrogen-bond acceptors (Lipinski definition) is 7. The van der Waals surface area contributed by atoms with Gasteiger partial charge < -0.3 is 15.2 Å². The summed E-state index contributed by atoms with van der Waals surface area (Å²) in [6.45, 7) is 4.94. The van der Waals surface area contributed by atoms with Gasteiger partial charge in [-0.25, -0.2) is 9.97 Å². The van der Waals surface area contributed by atoms with Crippen molar-refractivity contribution in [2.75, 3.05) is 31.1 Å². The molecule has 0 atom stereocenters. The maximum atomic E-state index is 5.52. The Bertz CT molecular complexity index is 535. The van der Waals surface area contributed by atoms with E-state index < -0.39 is 0 Å². The Labute approximate surface area is 117 Å². The Morgan fingerprint density at radius 2 is 1.90 bits per heavy atom. The lowest BCUT2D eigenvalue weighted by molar-refractivity contribution is 0.218. The average molecular weight is 274 g/mol. The molecule has 7 nitrogen and oxygen atoms in total. The van der Waals surface area contributed by atoms with Crippen LogP contribution in [0.1, 0.15) is 11.5 Å². The van der Waals surface area contributed by atoms with E-state index in [0.29, 0.717) is 6.54 Å². The van der Waals surface area contributed by atoms with Crippen molar-refractivity contribution in [1.82, 2.24) is 20.0 Å². The largest absolute Gasteiger partial charge is 0.360 e. The fraction of sp³-hybridized carbons (Fsp3) is 0.462. The molecule has 0 spiro atoms. The topological polar surface area (TPSA) is 84.3 Å². The first-order valence-corrected chi connectivity index (χ1v) is 6.74. The van der Waals surface area contributed by atoms with Crippen molar-refractivity contribution in [2.45, 2.75) is 13.1 Å². The summed E-state index contributed by atoms with van der Waals surface area (Å²) < 4.78 is 5.26. The van der Waals surface area contributed by atoms with Gasteiger partial charge in [-0.2, -0.15) is 0 Å². The molecule has 0 aliphatic carbocycles. The third-order valence-corrected chi connectivity index (χ3v) is 3.40. The van der Waals surface area contributed by atoms with Crippen LogP contribution in [0.5, 0.6) is 0 Å². The third kappa shape index (κ3) is 2.94. The predicted molar refractivity (Wildman–Crippen MR) is 73.9 cm³/mol. The first-order valence-electron chi connectivity index (χ1n) is 6.74. The normalized spacial score (nSPS) is 16.6. The zero-order chi connectivity index (χ0) is 13.8. The smallest absolute Gasteiger partial charge is 0.225 e. The van der Waals surface area contributed by atoms with Gasteiger partial charge in [0.25, 0.3) is 0 Å². The standard InChI is InChI=1S/C13H18N6O/c14-9-11-8-12(20-17-11)10-18-4-6-19(7-5-18)13-15-2-1-3-16-13/h1-3,8H,4-7,9-10,14H2. The number of rotatable bonds is 4. The van der Waals surface area contributed by atoms with E-state index in [4.69, 9.17) is 10.3 Å². The van der Waals surface area contributed by atoms with Crippen LogP contribution in [-0.2, 0) is 13.1 Å². The molecule has 106 valence electrons. The van der Waals surface area contributed by atoms with Gasteiger partial charge in [0.2, 0.25) is 5.95 Å². The van der Waals surface area contributed by atoms with E-state index in [1.54, 1.807) is 12.4 Å². The van der Waals surface area contributed by atoms with Crippen molar-refractivity contribution in [1.29, 1.82) is 0 Å². The Hall–Kier alpha value is -1.99. The molecule has 1 saturated heterocycles. The van der Waals surface area contributed by atoms with E-state index >= 15 is 0 Å². The first-order chi connectivity index (χ1) is 9.85. The molecule has 1 fully saturated rings. The number of nitrogens with two attached hydrogens (primary N) is 1. The lowest BCUT2D eigenvalue weighted by Crippen LogP contribution is -2.46. The molecule has 2 N–H and O–H groups in total. The molecule has 1 aliphatic rings. The Morgan fingerprint density at radius 1 is 1.15 bits per heavy atom. The monoisotopic (exact) mass is 274 g/mol. The molecular formula is C13H18N6O. The fourth-order valence-electron chi connectivity index (χ4n) is 2.31.